The average molecular weight is 70.0 g/mol. The van der Waals surface area contributed by atoms with E-state index in [0.29, 0.717) is 0 Å². The van der Waals surface area contributed by atoms with Crippen molar-refractivity contribution in [1.29, 1.82) is 0 Å². The van der Waals surface area contributed by atoms with Gasteiger partial charge < -0.3 is 0 Å². The van der Waals surface area contributed by atoms with Gasteiger partial charge in [0.2, 0.25) is 0 Å². The first-order valence-electron chi connectivity index (χ1n) is 0.626. The van der Waals surface area contributed by atoms with Crippen molar-refractivity contribution in [2.75, 3.05) is 0 Å². The Morgan fingerprint density at radius 1 is 1.75 bits per heavy atom. The molecule has 0 aliphatic heterocycles. The Morgan fingerprint density at radius 2 is 1.75 bits per heavy atom. The summed E-state index contributed by atoms with van der Waals surface area (Å²) in [4.78, 5) is 0. The van der Waals surface area contributed by atoms with Crippen molar-refractivity contribution in [2.24, 2.45) is 0 Å². The Kier molecular flexibility index (Phi) is 20.7. The van der Waals surface area contributed by atoms with E-state index in [4.69, 9.17) is 0 Å². The molecule has 0 atom stereocenters. The van der Waals surface area contributed by atoms with Gasteiger partial charge in [-0.15, -0.1) is 0 Å². The predicted octanol–water partition coefficient (Wildman–Crippen LogP) is 0.451. The van der Waals surface area contributed by atoms with E-state index in [1.165, 1.54) is 0 Å². The molecule has 0 spiro atoms. The third-order valence-corrected chi connectivity index (χ3v) is 0. The number of rotatable bonds is 0. The maximum absolute atomic E-state index is 10.1. The molecular weight excluding hydrogens is 66.0 g/mol. The first-order chi connectivity index (χ1) is 1.41. The average Bonchev–Trinajstić information content (AvgIpc) is 0.918. The molecule has 0 fully saturated rings. The van der Waals surface area contributed by atoms with Crippen molar-refractivity contribution < 1.29 is 4.39 Å². The fourth-order valence-electron chi connectivity index (χ4n) is 0. The summed E-state index contributed by atoms with van der Waals surface area (Å²) in [5.74, 6) is 0. The van der Waals surface area contributed by atoms with Gasteiger partial charge in [-0.05, 0) is 0 Å². The second-order valence-electron chi connectivity index (χ2n) is 0.154. The van der Waals surface area contributed by atoms with Crippen molar-refractivity contribution in [3.05, 3.63) is 12.9 Å². The molecule has 0 aromatic rings. The minimum atomic E-state index is 0. The molecule has 0 aliphatic carbocycles. The monoisotopic (exact) mass is 70.0 g/mol. The molecule has 0 aliphatic rings. The van der Waals surface area contributed by atoms with Gasteiger partial charge in [0.1, 0.15) is 0 Å². The molecule has 0 heterocycles. The maximum atomic E-state index is 10.1. The first kappa shape index (κ1) is 8.82. The van der Waals surface area contributed by atoms with Crippen molar-refractivity contribution in [3.63, 3.8) is 0 Å². The summed E-state index contributed by atoms with van der Waals surface area (Å²) >= 11 is 0. The molecule has 0 bridgehead atoms. The Labute approximate surface area is 47.0 Å². The first-order valence-corrected chi connectivity index (χ1v) is 0.626. The Balaban J connectivity index is 0. The van der Waals surface area contributed by atoms with Crippen molar-refractivity contribution in [2.45, 2.75) is 0 Å². The molecule has 20 valence electrons. The van der Waals surface area contributed by atoms with Gasteiger partial charge in [-0.3, -0.25) is 0 Å². The van der Waals surface area contributed by atoms with E-state index in [1.807, 2.05) is 0 Å². The molecule has 0 amide bonds. The van der Waals surface area contributed by atoms with Crippen LogP contribution in [0, 0.1) is 0 Å². The van der Waals surface area contributed by atoms with Crippen LogP contribution in [0.3, 0.4) is 0 Å². The van der Waals surface area contributed by atoms with E-state index in [9.17, 15) is 4.39 Å². The van der Waals surface area contributed by atoms with Crippen molar-refractivity contribution >= 4 is 29.6 Å². The van der Waals surface area contributed by atoms with Crippen molar-refractivity contribution in [3.8, 4) is 0 Å². The van der Waals surface area contributed by atoms with Gasteiger partial charge >= 0.3 is 29.6 Å². The van der Waals surface area contributed by atoms with E-state index in [2.05, 4.69) is 6.58 Å². The van der Waals surface area contributed by atoms with Crippen LogP contribution in [0.4, 0.5) is 4.39 Å². The van der Waals surface area contributed by atoms with E-state index < -0.39 is 0 Å². The number of halogens is 1. The molecule has 0 unspecified atom stereocenters. The SMILES string of the molecule is C=CF.[NaH]. The van der Waals surface area contributed by atoms with Crippen LogP contribution in [-0.4, -0.2) is 29.6 Å². The Morgan fingerprint density at radius 3 is 1.75 bits per heavy atom. The number of hydrogen-bond donors (Lipinski definition) is 0. The van der Waals surface area contributed by atoms with Gasteiger partial charge in [0.25, 0.3) is 0 Å². The topological polar surface area (TPSA) is 0 Å². The predicted molar refractivity (Wildman–Crippen MR) is 18.5 cm³/mol. The molecule has 0 saturated carbocycles. The summed E-state index contributed by atoms with van der Waals surface area (Å²) < 4.78 is 10.1. The molecule has 4 heavy (non-hydrogen) atoms. The second kappa shape index (κ2) is 9.38. The van der Waals surface area contributed by atoms with Gasteiger partial charge in [-0.1, -0.05) is 6.58 Å². The fraction of sp³-hybridized carbons (Fsp3) is 0. The molecule has 0 radical (unpaired) electrons. The zero-order chi connectivity index (χ0) is 2.71. The summed E-state index contributed by atoms with van der Waals surface area (Å²) in [5, 5.41) is 0. The summed E-state index contributed by atoms with van der Waals surface area (Å²) in [6.45, 7) is 2.69. The summed E-state index contributed by atoms with van der Waals surface area (Å²) in [5.41, 5.74) is 0. The van der Waals surface area contributed by atoms with Crippen LogP contribution in [0.25, 0.3) is 0 Å². The minimum absolute atomic E-state index is 0. The Bertz CT molecular complexity index is 13.5. The van der Waals surface area contributed by atoms with Crippen LogP contribution in [0.15, 0.2) is 12.9 Å². The molecule has 0 aromatic carbocycles. The fourth-order valence-corrected chi connectivity index (χ4v) is 0. The van der Waals surface area contributed by atoms with E-state index in [1.54, 1.807) is 0 Å². The van der Waals surface area contributed by atoms with E-state index >= 15 is 0 Å². The van der Waals surface area contributed by atoms with Crippen LogP contribution in [0.1, 0.15) is 0 Å². The standard InChI is InChI=1S/C2H3F.Na.H/c1-2-3;;/h2H,1H2;;. The third kappa shape index (κ3) is 16.6. The summed E-state index contributed by atoms with van der Waals surface area (Å²) in [6.07, 6.45) is 0.250. The van der Waals surface area contributed by atoms with Crippen molar-refractivity contribution in [1.82, 2.24) is 0 Å². The third-order valence-electron chi connectivity index (χ3n) is 0. The molecule has 0 aromatic heterocycles. The van der Waals surface area contributed by atoms with Crippen LogP contribution >= 0.6 is 0 Å². The quantitative estimate of drug-likeness (QED) is 0.363. The normalized spacial score (nSPS) is 3.25. The van der Waals surface area contributed by atoms with Crippen LogP contribution in [0.2, 0.25) is 0 Å². The molecule has 2 heteroatoms. The molecule has 0 saturated heterocycles. The molecular formula is C2H4FNa. The van der Waals surface area contributed by atoms with Gasteiger partial charge in [0.05, 0.1) is 6.33 Å². The van der Waals surface area contributed by atoms with E-state index in [-0.39, 0.29) is 35.9 Å². The summed E-state index contributed by atoms with van der Waals surface area (Å²) in [7, 11) is 0. The molecule has 0 rings (SSSR count). The van der Waals surface area contributed by atoms with Crippen LogP contribution in [-0.2, 0) is 0 Å². The summed E-state index contributed by atoms with van der Waals surface area (Å²) in [6, 6.07) is 0. The van der Waals surface area contributed by atoms with Gasteiger partial charge in [0, 0.05) is 0 Å². The zero-order valence-electron chi connectivity index (χ0n) is 1.66. The van der Waals surface area contributed by atoms with Crippen LogP contribution in [0.5, 0.6) is 0 Å². The van der Waals surface area contributed by atoms with Gasteiger partial charge in [-0.2, -0.15) is 0 Å². The molecule has 0 N–H and O–H groups in total. The number of hydrogen-bond acceptors (Lipinski definition) is 0. The van der Waals surface area contributed by atoms with Gasteiger partial charge in [-0.25, -0.2) is 4.39 Å². The van der Waals surface area contributed by atoms with E-state index in [0.717, 1.165) is 0 Å². The second-order valence-corrected chi connectivity index (χ2v) is 0.154. The zero-order valence-corrected chi connectivity index (χ0v) is 1.66. The Hall–Kier alpha value is 0.670. The van der Waals surface area contributed by atoms with Gasteiger partial charge in [0.15, 0.2) is 0 Å². The van der Waals surface area contributed by atoms with Crippen LogP contribution < -0.4 is 0 Å². The molecule has 0 nitrogen and oxygen atoms in total.